The van der Waals surface area contributed by atoms with Crippen LogP contribution in [0.3, 0.4) is 0 Å². The zero-order valence-corrected chi connectivity index (χ0v) is 12.6. The Morgan fingerprint density at radius 2 is 1.81 bits per heavy atom. The zero-order chi connectivity index (χ0) is 12.4. The van der Waals surface area contributed by atoms with Crippen molar-refractivity contribution in [3.8, 4) is 17.2 Å². The molecule has 0 atom stereocenters. The van der Waals surface area contributed by atoms with Crippen LogP contribution in [0.1, 0.15) is 5.69 Å². The molecule has 0 fully saturated rings. The molecule has 4 heteroatoms. The Balaban J connectivity index is 3.04. The second-order valence-electron chi connectivity index (χ2n) is 5.50. The fourth-order valence-electron chi connectivity index (χ4n) is 0.896. The topological polar surface area (TPSA) is 33.1 Å². The van der Waals surface area contributed by atoms with Crippen molar-refractivity contribution in [2.45, 2.75) is 32.7 Å². The molecule has 0 spiro atoms. The van der Waals surface area contributed by atoms with Crippen molar-refractivity contribution in [2.24, 2.45) is 0 Å². The second kappa shape index (κ2) is 4.44. The molecule has 2 nitrogen and oxygen atoms in total. The van der Waals surface area contributed by atoms with Gasteiger partial charge in [-0.05, 0) is 12.1 Å². The normalized spacial score (nSPS) is 11.8. The SMILES string of the molecule is C[Si](C)(C)[Si](C)(C)C#Cc1ncccc1O. The van der Waals surface area contributed by atoms with E-state index >= 15 is 0 Å². The lowest BCUT2D eigenvalue weighted by Gasteiger charge is -2.29. The van der Waals surface area contributed by atoms with Gasteiger partial charge >= 0.3 is 0 Å². The standard InChI is InChI=1S/C12H19NOSi2/c1-15(2,3)16(4,5)10-8-11-12(14)7-6-9-13-11/h6-7,9,14H,1-5H3. The lowest BCUT2D eigenvalue weighted by Crippen LogP contribution is -2.51. The minimum absolute atomic E-state index is 0.176. The number of nitrogens with zero attached hydrogens (tertiary/aromatic N) is 1. The largest absolute Gasteiger partial charge is 0.505 e. The minimum atomic E-state index is -1.48. The van der Waals surface area contributed by atoms with E-state index in [-0.39, 0.29) is 5.75 Å². The number of rotatable bonds is 1. The van der Waals surface area contributed by atoms with Gasteiger partial charge in [-0.1, -0.05) is 38.7 Å². The summed E-state index contributed by atoms with van der Waals surface area (Å²) in [5.74, 6) is 3.22. The van der Waals surface area contributed by atoms with Gasteiger partial charge in [0, 0.05) is 6.20 Å². The highest BCUT2D eigenvalue weighted by Crippen LogP contribution is 2.18. The van der Waals surface area contributed by atoms with Crippen LogP contribution in [0.5, 0.6) is 5.75 Å². The molecule has 1 heterocycles. The van der Waals surface area contributed by atoms with Crippen molar-refractivity contribution in [1.82, 2.24) is 4.98 Å². The van der Waals surface area contributed by atoms with E-state index in [2.05, 4.69) is 49.2 Å². The third-order valence-corrected chi connectivity index (χ3v) is 19.3. The fourth-order valence-corrected chi connectivity index (χ4v) is 3.01. The van der Waals surface area contributed by atoms with Crippen molar-refractivity contribution in [1.29, 1.82) is 0 Å². The van der Waals surface area contributed by atoms with Crippen LogP contribution < -0.4 is 0 Å². The smallest absolute Gasteiger partial charge is 0.154 e. The molecule has 86 valence electrons. The van der Waals surface area contributed by atoms with E-state index in [1.807, 2.05) is 0 Å². The molecule has 0 amide bonds. The fraction of sp³-hybridized carbons (Fsp3) is 0.417. The summed E-state index contributed by atoms with van der Waals surface area (Å²) in [4.78, 5) is 4.08. The van der Waals surface area contributed by atoms with E-state index in [9.17, 15) is 5.11 Å². The molecule has 1 N–H and O–H groups in total. The molecule has 0 unspecified atom stereocenters. The summed E-state index contributed by atoms with van der Waals surface area (Å²) in [5.41, 5.74) is 3.89. The van der Waals surface area contributed by atoms with E-state index < -0.39 is 15.2 Å². The Labute approximate surface area is 99.5 Å². The first-order chi connectivity index (χ1) is 7.24. The van der Waals surface area contributed by atoms with Gasteiger partial charge < -0.3 is 5.11 Å². The molecule has 0 aromatic carbocycles. The summed E-state index contributed by atoms with van der Waals surface area (Å²) in [7, 11) is -2.68. The number of hydrogen-bond donors (Lipinski definition) is 1. The van der Waals surface area contributed by atoms with Gasteiger partial charge in [0.1, 0.15) is 13.3 Å². The summed E-state index contributed by atoms with van der Waals surface area (Å²) in [6, 6.07) is 3.33. The van der Waals surface area contributed by atoms with Crippen LogP contribution in [0.25, 0.3) is 0 Å². The minimum Gasteiger partial charge on any atom is -0.505 e. The Morgan fingerprint density at radius 1 is 1.19 bits per heavy atom. The van der Waals surface area contributed by atoms with Crippen molar-refractivity contribution in [2.75, 3.05) is 0 Å². The van der Waals surface area contributed by atoms with Crippen LogP contribution in [-0.4, -0.2) is 25.3 Å². The third kappa shape index (κ3) is 2.97. The highest BCUT2D eigenvalue weighted by Gasteiger charge is 2.35. The van der Waals surface area contributed by atoms with Crippen LogP contribution in [0.15, 0.2) is 18.3 Å². The summed E-state index contributed by atoms with van der Waals surface area (Å²) in [6.07, 6.45) is 1.66. The van der Waals surface area contributed by atoms with E-state index in [0.717, 1.165) is 0 Å². The Morgan fingerprint density at radius 3 is 2.31 bits per heavy atom. The molecule has 1 aromatic heterocycles. The first-order valence-electron chi connectivity index (χ1n) is 5.41. The van der Waals surface area contributed by atoms with Crippen molar-refractivity contribution in [3.63, 3.8) is 0 Å². The van der Waals surface area contributed by atoms with Crippen LogP contribution in [-0.2, 0) is 0 Å². The molecule has 1 rings (SSSR count). The lowest BCUT2D eigenvalue weighted by atomic mass is 10.3. The van der Waals surface area contributed by atoms with Gasteiger partial charge in [-0.2, -0.15) is 0 Å². The maximum absolute atomic E-state index is 9.57. The van der Waals surface area contributed by atoms with E-state index in [1.165, 1.54) is 0 Å². The molecule has 0 saturated carbocycles. The molecule has 0 saturated heterocycles. The monoisotopic (exact) mass is 249 g/mol. The maximum Gasteiger partial charge on any atom is 0.154 e. The van der Waals surface area contributed by atoms with E-state index in [1.54, 1.807) is 18.3 Å². The van der Waals surface area contributed by atoms with E-state index in [4.69, 9.17) is 0 Å². The molecular formula is C12H19NOSi2. The van der Waals surface area contributed by atoms with Gasteiger partial charge in [-0.25, -0.2) is 4.98 Å². The summed E-state index contributed by atoms with van der Waals surface area (Å²) < 4.78 is 0. The van der Waals surface area contributed by atoms with Crippen molar-refractivity contribution < 1.29 is 5.11 Å². The molecule has 0 bridgehead atoms. The Bertz CT molecular complexity index is 438. The van der Waals surface area contributed by atoms with Gasteiger partial charge in [0.25, 0.3) is 0 Å². The van der Waals surface area contributed by atoms with Gasteiger partial charge in [0.15, 0.2) is 5.69 Å². The molecule has 0 aliphatic heterocycles. The van der Waals surface area contributed by atoms with Gasteiger partial charge in [0.05, 0.1) is 7.59 Å². The first-order valence-corrected chi connectivity index (χ1v) is 12.9. The molecule has 0 aliphatic carbocycles. The zero-order valence-electron chi connectivity index (χ0n) is 10.6. The molecular weight excluding hydrogens is 230 g/mol. The van der Waals surface area contributed by atoms with Crippen LogP contribution in [0.2, 0.25) is 32.7 Å². The van der Waals surface area contributed by atoms with Crippen LogP contribution >= 0.6 is 0 Å². The highest BCUT2D eigenvalue weighted by molar-refractivity contribution is 7.43. The summed E-state index contributed by atoms with van der Waals surface area (Å²) >= 11 is 0. The molecule has 16 heavy (non-hydrogen) atoms. The van der Waals surface area contributed by atoms with Crippen LogP contribution in [0.4, 0.5) is 0 Å². The number of aromatic nitrogens is 1. The number of aromatic hydroxyl groups is 1. The predicted octanol–water partition coefficient (Wildman–Crippen LogP) is 2.80. The first kappa shape index (κ1) is 13.0. The third-order valence-electron chi connectivity index (χ3n) is 3.15. The van der Waals surface area contributed by atoms with Crippen molar-refractivity contribution >= 4 is 15.2 Å². The number of pyridine rings is 1. The number of hydrogen-bond acceptors (Lipinski definition) is 2. The van der Waals surface area contributed by atoms with Crippen molar-refractivity contribution in [3.05, 3.63) is 24.0 Å². The average Bonchev–Trinajstić information content (AvgIpc) is 2.15. The molecule has 0 aliphatic rings. The summed E-state index contributed by atoms with van der Waals surface area (Å²) in [5, 5.41) is 9.57. The molecule has 0 radical (unpaired) electrons. The van der Waals surface area contributed by atoms with Gasteiger partial charge in [-0.15, -0.1) is 5.54 Å². The lowest BCUT2D eigenvalue weighted by molar-refractivity contribution is 0.471. The van der Waals surface area contributed by atoms with E-state index in [0.29, 0.717) is 5.69 Å². The van der Waals surface area contributed by atoms with Gasteiger partial charge in [0.2, 0.25) is 0 Å². The predicted molar refractivity (Wildman–Crippen MR) is 73.6 cm³/mol. The van der Waals surface area contributed by atoms with Gasteiger partial charge in [-0.3, -0.25) is 0 Å². The Kier molecular flexibility index (Phi) is 3.61. The van der Waals surface area contributed by atoms with Crippen LogP contribution in [0, 0.1) is 11.5 Å². The average molecular weight is 249 g/mol. The second-order valence-corrected chi connectivity index (χ2v) is 21.7. The Hall–Kier alpha value is -1.06. The summed E-state index contributed by atoms with van der Waals surface area (Å²) in [6.45, 7) is 11.7. The highest BCUT2D eigenvalue weighted by atomic mass is 29.3. The maximum atomic E-state index is 9.57. The molecule has 1 aromatic rings. The quantitative estimate of drug-likeness (QED) is 0.613.